The van der Waals surface area contributed by atoms with Gasteiger partial charge in [-0.3, -0.25) is 4.79 Å². The first-order chi connectivity index (χ1) is 13.0. The Kier molecular flexibility index (Phi) is 5.81. The fourth-order valence-electron chi connectivity index (χ4n) is 2.89. The number of carbonyl (C=O) groups is 1. The zero-order chi connectivity index (χ0) is 19.2. The smallest absolute Gasteiger partial charge is 0.251 e. The lowest BCUT2D eigenvalue weighted by Crippen LogP contribution is -2.22. The molecule has 0 saturated heterocycles. The second-order valence-corrected chi connectivity index (χ2v) is 6.40. The molecule has 0 fully saturated rings. The second kappa shape index (κ2) is 8.45. The minimum atomic E-state index is -0.179. The quantitative estimate of drug-likeness (QED) is 0.673. The highest BCUT2D eigenvalue weighted by Gasteiger charge is 2.11. The van der Waals surface area contributed by atoms with E-state index in [-0.39, 0.29) is 5.91 Å². The Hall–Kier alpha value is -3.21. The summed E-state index contributed by atoms with van der Waals surface area (Å²) < 4.78 is 16.6. The van der Waals surface area contributed by atoms with E-state index in [0.29, 0.717) is 30.2 Å². The Labute approximate surface area is 158 Å². The normalized spacial score (nSPS) is 10.5. The van der Waals surface area contributed by atoms with Crippen molar-refractivity contribution in [3.05, 3.63) is 82.8 Å². The van der Waals surface area contributed by atoms with Crippen molar-refractivity contribution in [3.8, 4) is 11.5 Å². The monoisotopic (exact) mass is 365 g/mol. The molecule has 0 radical (unpaired) electrons. The molecule has 0 aliphatic heterocycles. The first kappa shape index (κ1) is 18.6. The number of carbonyl (C=O) groups excluding carboxylic acids is 1. The number of hydrogen-bond acceptors (Lipinski definition) is 4. The summed E-state index contributed by atoms with van der Waals surface area (Å²) in [6, 6.07) is 15.0. The lowest BCUT2D eigenvalue weighted by molar-refractivity contribution is 0.0948. The summed E-state index contributed by atoms with van der Waals surface area (Å²) in [6.07, 6.45) is 1.58. The lowest BCUT2D eigenvalue weighted by atomic mass is 10.1. The Morgan fingerprint density at radius 2 is 1.85 bits per heavy atom. The molecule has 0 bridgehead atoms. The molecule has 3 aromatic rings. The van der Waals surface area contributed by atoms with Crippen LogP contribution in [0.25, 0.3) is 0 Å². The minimum Gasteiger partial charge on any atom is -0.496 e. The Morgan fingerprint density at radius 3 is 2.52 bits per heavy atom. The fraction of sp³-hybridized carbons (Fsp3) is 0.227. The fourth-order valence-corrected chi connectivity index (χ4v) is 2.89. The number of nitrogens with one attached hydrogen (secondary N) is 1. The molecule has 0 unspecified atom stereocenters. The van der Waals surface area contributed by atoms with Gasteiger partial charge in [0.15, 0.2) is 0 Å². The van der Waals surface area contributed by atoms with Crippen LogP contribution in [0.1, 0.15) is 32.8 Å². The average molecular weight is 365 g/mol. The highest BCUT2D eigenvalue weighted by molar-refractivity contribution is 5.94. The van der Waals surface area contributed by atoms with Crippen molar-refractivity contribution in [2.75, 3.05) is 7.11 Å². The van der Waals surface area contributed by atoms with Gasteiger partial charge in [0.2, 0.25) is 0 Å². The van der Waals surface area contributed by atoms with Crippen molar-refractivity contribution in [3.63, 3.8) is 0 Å². The predicted octanol–water partition coefficient (Wildman–Crippen LogP) is 4.41. The third-order valence-corrected chi connectivity index (χ3v) is 4.14. The van der Waals surface area contributed by atoms with Crippen molar-refractivity contribution in [2.45, 2.75) is 27.0 Å². The molecule has 0 aliphatic carbocycles. The molecule has 140 valence electrons. The summed E-state index contributed by atoms with van der Waals surface area (Å²) in [7, 11) is 1.60. The van der Waals surface area contributed by atoms with Gasteiger partial charge in [0.25, 0.3) is 5.91 Å². The van der Waals surface area contributed by atoms with Crippen LogP contribution >= 0.6 is 0 Å². The number of furan rings is 1. The molecule has 0 aliphatic rings. The number of rotatable bonds is 7. The van der Waals surface area contributed by atoms with Crippen LogP contribution < -0.4 is 14.8 Å². The van der Waals surface area contributed by atoms with E-state index in [1.165, 1.54) is 0 Å². The van der Waals surface area contributed by atoms with Crippen LogP contribution in [0.5, 0.6) is 11.5 Å². The van der Waals surface area contributed by atoms with E-state index in [1.807, 2.05) is 32.0 Å². The van der Waals surface area contributed by atoms with E-state index in [9.17, 15) is 4.79 Å². The summed E-state index contributed by atoms with van der Waals surface area (Å²) in [4.78, 5) is 12.4. The molecule has 0 saturated carbocycles. The van der Waals surface area contributed by atoms with Crippen molar-refractivity contribution < 1.29 is 18.7 Å². The van der Waals surface area contributed by atoms with Crippen LogP contribution in [0.4, 0.5) is 0 Å². The number of amides is 1. The Bertz CT molecular complexity index is 896. The van der Waals surface area contributed by atoms with Gasteiger partial charge in [0.05, 0.1) is 19.9 Å². The second-order valence-electron chi connectivity index (χ2n) is 6.40. The molecule has 3 rings (SSSR count). The van der Waals surface area contributed by atoms with Crippen molar-refractivity contribution in [2.24, 2.45) is 0 Å². The van der Waals surface area contributed by atoms with Gasteiger partial charge in [-0.15, -0.1) is 0 Å². The van der Waals surface area contributed by atoms with E-state index >= 15 is 0 Å². The van der Waals surface area contributed by atoms with Gasteiger partial charge in [-0.2, -0.15) is 0 Å². The molecular weight excluding hydrogens is 342 g/mol. The van der Waals surface area contributed by atoms with Gasteiger partial charge in [0, 0.05) is 11.1 Å². The first-order valence-electron chi connectivity index (χ1n) is 8.74. The standard InChI is InChI=1S/C22H23NO4/c1-15-9-16(2)11-20(10-15)27-14-18-12-17(6-7-21(18)25-3)22(24)23-13-19-5-4-8-26-19/h4-12H,13-14H2,1-3H3,(H,23,24). The molecular formula is C22H23NO4. The van der Waals surface area contributed by atoms with Gasteiger partial charge in [-0.05, 0) is 67.4 Å². The van der Waals surface area contributed by atoms with Crippen LogP contribution in [0.15, 0.2) is 59.2 Å². The lowest BCUT2D eigenvalue weighted by Gasteiger charge is -2.13. The van der Waals surface area contributed by atoms with Gasteiger partial charge < -0.3 is 19.2 Å². The summed E-state index contributed by atoms with van der Waals surface area (Å²) >= 11 is 0. The van der Waals surface area contributed by atoms with Gasteiger partial charge >= 0.3 is 0 Å². The van der Waals surface area contributed by atoms with Gasteiger partial charge in [0.1, 0.15) is 23.9 Å². The molecule has 1 amide bonds. The summed E-state index contributed by atoms with van der Waals surface area (Å²) in [5.41, 5.74) is 3.63. The average Bonchev–Trinajstić information content (AvgIpc) is 3.17. The predicted molar refractivity (Wildman–Crippen MR) is 103 cm³/mol. The number of methoxy groups -OCH3 is 1. The maximum atomic E-state index is 12.4. The molecule has 5 nitrogen and oxygen atoms in total. The Balaban J connectivity index is 1.71. The third kappa shape index (κ3) is 4.91. The summed E-state index contributed by atoms with van der Waals surface area (Å²) in [5.74, 6) is 2.00. The maximum Gasteiger partial charge on any atom is 0.251 e. The minimum absolute atomic E-state index is 0.179. The van der Waals surface area contributed by atoms with Crippen LogP contribution in [0.2, 0.25) is 0 Å². The van der Waals surface area contributed by atoms with Gasteiger partial charge in [-0.25, -0.2) is 0 Å². The molecule has 5 heteroatoms. The molecule has 1 heterocycles. The summed E-state index contributed by atoms with van der Waals surface area (Å²) in [6.45, 7) is 4.71. The topological polar surface area (TPSA) is 60.7 Å². The summed E-state index contributed by atoms with van der Waals surface area (Å²) in [5, 5.41) is 2.84. The molecule has 2 aromatic carbocycles. The highest BCUT2D eigenvalue weighted by atomic mass is 16.5. The van der Waals surface area contributed by atoms with Crippen molar-refractivity contribution in [1.29, 1.82) is 0 Å². The first-order valence-corrected chi connectivity index (χ1v) is 8.74. The maximum absolute atomic E-state index is 12.4. The number of ether oxygens (including phenoxy) is 2. The zero-order valence-corrected chi connectivity index (χ0v) is 15.7. The number of aryl methyl sites for hydroxylation is 2. The van der Waals surface area contributed by atoms with E-state index in [2.05, 4.69) is 11.4 Å². The number of hydrogen-bond donors (Lipinski definition) is 1. The zero-order valence-electron chi connectivity index (χ0n) is 15.7. The van der Waals surface area contributed by atoms with Crippen molar-refractivity contribution >= 4 is 5.91 Å². The van der Waals surface area contributed by atoms with Crippen LogP contribution in [0.3, 0.4) is 0 Å². The van der Waals surface area contributed by atoms with E-state index in [4.69, 9.17) is 13.9 Å². The van der Waals surface area contributed by atoms with Crippen molar-refractivity contribution in [1.82, 2.24) is 5.32 Å². The van der Waals surface area contributed by atoms with E-state index in [1.54, 1.807) is 37.6 Å². The van der Waals surface area contributed by atoms with E-state index < -0.39 is 0 Å². The van der Waals surface area contributed by atoms with Gasteiger partial charge in [-0.1, -0.05) is 6.07 Å². The highest BCUT2D eigenvalue weighted by Crippen LogP contribution is 2.23. The molecule has 27 heavy (non-hydrogen) atoms. The molecule has 0 spiro atoms. The van der Waals surface area contributed by atoms with Crippen LogP contribution in [-0.4, -0.2) is 13.0 Å². The molecule has 1 aromatic heterocycles. The SMILES string of the molecule is COc1ccc(C(=O)NCc2ccco2)cc1COc1cc(C)cc(C)c1. The molecule has 1 N–H and O–H groups in total. The van der Waals surface area contributed by atoms with Crippen LogP contribution in [0, 0.1) is 13.8 Å². The largest absolute Gasteiger partial charge is 0.496 e. The molecule has 0 atom stereocenters. The third-order valence-electron chi connectivity index (χ3n) is 4.14. The van der Waals surface area contributed by atoms with E-state index in [0.717, 1.165) is 22.4 Å². The number of benzene rings is 2. The Morgan fingerprint density at radius 1 is 1.07 bits per heavy atom. The van der Waals surface area contributed by atoms with Crippen LogP contribution in [-0.2, 0) is 13.2 Å².